The molecular weight excluding hydrogens is 196 g/mol. The normalized spacial score (nSPS) is 10.9. The Balaban J connectivity index is 2.56. The summed E-state index contributed by atoms with van der Waals surface area (Å²) >= 11 is 0. The first kappa shape index (κ1) is 13.0. The lowest BCUT2D eigenvalue weighted by atomic mass is 10.1. The second kappa shape index (κ2) is 7.29. The molecule has 0 amide bonds. The lowest BCUT2D eigenvalue weighted by Crippen LogP contribution is -2.25. The molecule has 0 aliphatic rings. The molecule has 16 heavy (non-hydrogen) atoms. The Morgan fingerprint density at radius 1 is 1.06 bits per heavy atom. The van der Waals surface area contributed by atoms with Crippen molar-refractivity contribution in [3.8, 4) is 0 Å². The minimum absolute atomic E-state index is 0.917. The van der Waals surface area contributed by atoms with Crippen LogP contribution in [-0.4, -0.2) is 18.0 Å². The van der Waals surface area contributed by atoms with Crippen LogP contribution in [0.15, 0.2) is 24.3 Å². The van der Waals surface area contributed by atoms with Gasteiger partial charge in [-0.25, -0.2) is 0 Å². The van der Waals surface area contributed by atoms with Crippen molar-refractivity contribution in [2.24, 2.45) is 0 Å². The topological polar surface area (TPSA) is 29.3 Å². The van der Waals surface area contributed by atoms with Crippen molar-refractivity contribution >= 4 is 5.69 Å². The van der Waals surface area contributed by atoms with Crippen LogP contribution in [0.1, 0.15) is 38.7 Å². The van der Waals surface area contributed by atoms with E-state index in [1.165, 1.54) is 31.4 Å². The van der Waals surface area contributed by atoms with Gasteiger partial charge in [0.25, 0.3) is 0 Å². The lowest BCUT2D eigenvalue weighted by molar-refractivity contribution is 0.262. The standard InChI is InChI=1S/C14H24N2/c1-3-5-11-16(10-4-2)12-13-8-6-7-9-14(13)15/h6-9H,3-5,10-12,15H2,1-2H3. The van der Waals surface area contributed by atoms with Gasteiger partial charge in [0.05, 0.1) is 0 Å². The molecule has 0 unspecified atom stereocenters. The minimum atomic E-state index is 0.917. The predicted octanol–water partition coefficient (Wildman–Crippen LogP) is 3.28. The summed E-state index contributed by atoms with van der Waals surface area (Å²) in [5, 5.41) is 0. The predicted molar refractivity (Wildman–Crippen MR) is 71.3 cm³/mol. The van der Waals surface area contributed by atoms with Gasteiger partial charge < -0.3 is 5.73 Å². The van der Waals surface area contributed by atoms with E-state index in [-0.39, 0.29) is 0 Å². The molecule has 0 fully saturated rings. The van der Waals surface area contributed by atoms with E-state index in [0.717, 1.165) is 18.8 Å². The van der Waals surface area contributed by atoms with Crippen molar-refractivity contribution in [3.05, 3.63) is 29.8 Å². The van der Waals surface area contributed by atoms with Crippen molar-refractivity contribution in [1.82, 2.24) is 4.90 Å². The highest BCUT2D eigenvalue weighted by molar-refractivity contribution is 5.46. The van der Waals surface area contributed by atoms with Crippen molar-refractivity contribution in [2.45, 2.75) is 39.7 Å². The summed E-state index contributed by atoms with van der Waals surface area (Å²) in [6, 6.07) is 8.17. The highest BCUT2D eigenvalue weighted by Crippen LogP contribution is 2.14. The number of nitrogens with two attached hydrogens (primary N) is 1. The fourth-order valence-electron chi connectivity index (χ4n) is 1.89. The van der Waals surface area contributed by atoms with E-state index >= 15 is 0 Å². The van der Waals surface area contributed by atoms with E-state index in [4.69, 9.17) is 5.73 Å². The van der Waals surface area contributed by atoms with Gasteiger partial charge in [0, 0.05) is 12.2 Å². The molecule has 1 aromatic carbocycles. The maximum atomic E-state index is 5.97. The molecular formula is C14H24N2. The Bertz CT molecular complexity index is 297. The van der Waals surface area contributed by atoms with Crippen molar-refractivity contribution in [1.29, 1.82) is 0 Å². The summed E-state index contributed by atoms with van der Waals surface area (Å²) in [5.41, 5.74) is 8.14. The summed E-state index contributed by atoms with van der Waals surface area (Å²) < 4.78 is 0. The fraction of sp³-hybridized carbons (Fsp3) is 0.571. The van der Waals surface area contributed by atoms with E-state index in [9.17, 15) is 0 Å². The number of nitrogens with zero attached hydrogens (tertiary/aromatic N) is 1. The van der Waals surface area contributed by atoms with Crippen LogP contribution in [0.3, 0.4) is 0 Å². The summed E-state index contributed by atoms with van der Waals surface area (Å²) in [5.74, 6) is 0. The van der Waals surface area contributed by atoms with Crippen LogP contribution in [0.4, 0.5) is 5.69 Å². The molecule has 2 N–H and O–H groups in total. The molecule has 2 nitrogen and oxygen atoms in total. The lowest BCUT2D eigenvalue weighted by Gasteiger charge is -2.22. The van der Waals surface area contributed by atoms with Crippen LogP contribution in [0.2, 0.25) is 0 Å². The molecule has 0 saturated heterocycles. The summed E-state index contributed by atoms with van der Waals surface area (Å²) in [4.78, 5) is 2.50. The molecule has 0 aromatic heterocycles. The van der Waals surface area contributed by atoms with Crippen molar-refractivity contribution in [2.75, 3.05) is 18.8 Å². The zero-order valence-corrected chi connectivity index (χ0v) is 10.6. The van der Waals surface area contributed by atoms with E-state index in [0.29, 0.717) is 0 Å². The van der Waals surface area contributed by atoms with Gasteiger partial charge >= 0.3 is 0 Å². The quantitative estimate of drug-likeness (QED) is 0.714. The minimum Gasteiger partial charge on any atom is -0.398 e. The third kappa shape index (κ3) is 4.23. The zero-order chi connectivity index (χ0) is 11.8. The van der Waals surface area contributed by atoms with Crippen LogP contribution < -0.4 is 5.73 Å². The van der Waals surface area contributed by atoms with Gasteiger partial charge in [-0.2, -0.15) is 0 Å². The first-order valence-corrected chi connectivity index (χ1v) is 6.33. The molecule has 0 saturated carbocycles. The molecule has 0 aliphatic heterocycles. The van der Waals surface area contributed by atoms with Crippen LogP contribution in [0.5, 0.6) is 0 Å². The number of unbranched alkanes of at least 4 members (excludes halogenated alkanes) is 1. The number of hydrogen-bond donors (Lipinski definition) is 1. The molecule has 1 rings (SSSR count). The number of hydrogen-bond acceptors (Lipinski definition) is 2. The smallest absolute Gasteiger partial charge is 0.0359 e. The molecule has 0 aliphatic carbocycles. The van der Waals surface area contributed by atoms with E-state index in [2.05, 4.69) is 30.9 Å². The van der Waals surface area contributed by atoms with Crippen molar-refractivity contribution in [3.63, 3.8) is 0 Å². The van der Waals surface area contributed by atoms with Crippen LogP contribution in [0.25, 0.3) is 0 Å². The molecule has 0 spiro atoms. The molecule has 2 heteroatoms. The molecule has 0 heterocycles. The largest absolute Gasteiger partial charge is 0.398 e. The average molecular weight is 220 g/mol. The molecule has 0 radical (unpaired) electrons. The summed E-state index contributed by atoms with van der Waals surface area (Å²) in [6.45, 7) is 7.79. The Kier molecular flexibility index (Phi) is 5.94. The van der Waals surface area contributed by atoms with Crippen LogP contribution >= 0.6 is 0 Å². The maximum Gasteiger partial charge on any atom is 0.0359 e. The SMILES string of the molecule is CCCCN(CCC)Cc1ccccc1N. The second-order valence-corrected chi connectivity index (χ2v) is 4.33. The Morgan fingerprint density at radius 3 is 2.44 bits per heavy atom. The monoisotopic (exact) mass is 220 g/mol. The van der Waals surface area contributed by atoms with Gasteiger partial charge in [0.15, 0.2) is 0 Å². The van der Waals surface area contributed by atoms with Gasteiger partial charge in [-0.3, -0.25) is 4.90 Å². The summed E-state index contributed by atoms with van der Waals surface area (Å²) in [6.07, 6.45) is 3.73. The number of nitrogen functional groups attached to an aromatic ring is 1. The first-order valence-electron chi connectivity index (χ1n) is 6.33. The highest BCUT2D eigenvalue weighted by Gasteiger charge is 2.06. The number of para-hydroxylation sites is 1. The number of benzene rings is 1. The van der Waals surface area contributed by atoms with Gasteiger partial charge in [-0.1, -0.05) is 38.5 Å². The average Bonchev–Trinajstić information content (AvgIpc) is 2.29. The fourth-order valence-corrected chi connectivity index (χ4v) is 1.89. The summed E-state index contributed by atoms with van der Waals surface area (Å²) in [7, 11) is 0. The van der Waals surface area contributed by atoms with Crippen LogP contribution in [-0.2, 0) is 6.54 Å². The van der Waals surface area contributed by atoms with E-state index in [1.807, 2.05) is 12.1 Å². The van der Waals surface area contributed by atoms with Gasteiger partial charge in [0.1, 0.15) is 0 Å². The zero-order valence-electron chi connectivity index (χ0n) is 10.6. The second-order valence-electron chi connectivity index (χ2n) is 4.33. The van der Waals surface area contributed by atoms with Crippen molar-refractivity contribution < 1.29 is 0 Å². The molecule has 90 valence electrons. The van der Waals surface area contributed by atoms with E-state index < -0.39 is 0 Å². The molecule has 0 atom stereocenters. The first-order chi connectivity index (χ1) is 7.77. The third-order valence-corrected chi connectivity index (χ3v) is 2.82. The third-order valence-electron chi connectivity index (χ3n) is 2.82. The van der Waals surface area contributed by atoms with Gasteiger partial charge in [-0.15, -0.1) is 0 Å². The number of anilines is 1. The Morgan fingerprint density at radius 2 is 1.81 bits per heavy atom. The number of rotatable bonds is 7. The van der Waals surface area contributed by atoms with Crippen LogP contribution in [0, 0.1) is 0 Å². The highest BCUT2D eigenvalue weighted by atomic mass is 15.1. The molecule has 1 aromatic rings. The maximum absolute atomic E-state index is 5.97. The van der Waals surface area contributed by atoms with Gasteiger partial charge in [0.2, 0.25) is 0 Å². The van der Waals surface area contributed by atoms with Gasteiger partial charge in [-0.05, 0) is 37.6 Å². The van der Waals surface area contributed by atoms with E-state index in [1.54, 1.807) is 0 Å². The Labute approximate surface area is 99.5 Å². The Hall–Kier alpha value is -1.02. The molecule has 0 bridgehead atoms.